The number of nitrogens with zero attached hydrogens (tertiary/aromatic N) is 2. The summed E-state index contributed by atoms with van der Waals surface area (Å²) in [4.78, 5) is 25.8. The Morgan fingerprint density at radius 3 is 2.38 bits per heavy atom. The highest BCUT2D eigenvalue weighted by molar-refractivity contribution is 7.89. The van der Waals surface area contributed by atoms with Gasteiger partial charge in [0.15, 0.2) is 0 Å². The van der Waals surface area contributed by atoms with Gasteiger partial charge in [-0.05, 0) is 43.9 Å². The van der Waals surface area contributed by atoms with E-state index in [1.54, 1.807) is 33.5 Å². The summed E-state index contributed by atoms with van der Waals surface area (Å²) in [5, 5.41) is 5.60. The Balaban J connectivity index is 1.47. The standard InChI is InChI=1S/C20H30N4O4S/c1-16(15-23-11-5-6-19(23)25)22-20(26)21-14-17-7-9-18(10-8-17)29(27,28)24-12-3-2-4-13-24/h7-10,16H,2-6,11-15H2,1H3,(H2,21,22,26). The molecule has 1 aromatic carbocycles. The molecule has 1 atom stereocenters. The fourth-order valence-corrected chi connectivity index (χ4v) is 5.28. The highest BCUT2D eigenvalue weighted by Crippen LogP contribution is 2.20. The molecular weight excluding hydrogens is 392 g/mol. The second-order valence-corrected chi connectivity index (χ2v) is 9.72. The quantitative estimate of drug-likeness (QED) is 0.698. The fourth-order valence-electron chi connectivity index (χ4n) is 3.76. The first-order chi connectivity index (χ1) is 13.9. The van der Waals surface area contributed by atoms with Crippen molar-refractivity contribution >= 4 is 22.0 Å². The Morgan fingerprint density at radius 1 is 1.07 bits per heavy atom. The molecular formula is C20H30N4O4S. The molecule has 0 aromatic heterocycles. The van der Waals surface area contributed by atoms with Gasteiger partial charge in [-0.15, -0.1) is 0 Å². The molecule has 2 fully saturated rings. The first-order valence-corrected chi connectivity index (χ1v) is 11.7. The van der Waals surface area contributed by atoms with E-state index in [1.807, 2.05) is 6.92 Å². The predicted molar refractivity (Wildman–Crippen MR) is 110 cm³/mol. The summed E-state index contributed by atoms with van der Waals surface area (Å²) in [7, 11) is -3.44. The number of sulfonamides is 1. The van der Waals surface area contributed by atoms with Crippen LogP contribution in [0.2, 0.25) is 0 Å². The minimum atomic E-state index is -3.44. The maximum absolute atomic E-state index is 12.7. The molecule has 0 saturated carbocycles. The van der Waals surface area contributed by atoms with E-state index in [-0.39, 0.29) is 22.9 Å². The van der Waals surface area contributed by atoms with E-state index >= 15 is 0 Å². The average molecular weight is 423 g/mol. The topological polar surface area (TPSA) is 98.8 Å². The molecule has 9 heteroatoms. The number of benzene rings is 1. The molecule has 0 spiro atoms. The third-order valence-electron chi connectivity index (χ3n) is 5.37. The number of amides is 3. The van der Waals surface area contributed by atoms with Crippen molar-refractivity contribution in [2.24, 2.45) is 0 Å². The van der Waals surface area contributed by atoms with Crippen molar-refractivity contribution in [3.8, 4) is 0 Å². The number of nitrogens with one attached hydrogen (secondary N) is 2. The van der Waals surface area contributed by atoms with Gasteiger partial charge in [0.1, 0.15) is 0 Å². The minimum Gasteiger partial charge on any atom is -0.341 e. The van der Waals surface area contributed by atoms with Crippen molar-refractivity contribution in [2.75, 3.05) is 26.2 Å². The zero-order chi connectivity index (χ0) is 20.9. The van der Waals surface area contributed by atoms with Crippen LogP contribution in [0.25, 0.3) is 0 Å². The summed E-state index contributed by atoms with van der Waals surface area (Å²) in [6.45, 7) is 4.57. The van der Waals surface area contributed by atoms with Gasteiger partial charge in [-0.1, -0.05) is 18.6 Å². The number of carbonyl (C=O) groups excluding carboxylic acids is 2. The second-order valence-electron chi connectivity index (χ2n) is 7.78. The van der Waals surface area contributed by atoms with E-state index in [1.165, 1.54) is 0 Å². The number of piperidine rings is 1. The normalized spacial score (nSPS) is 19.2. The van der Waals surface area contributed by atoms with Gasteiger partial charge in [0, 0.05) is 45.2 Å². The Labute approximate surface area is 172 Å². The molecule has 0 radical (unpaired) electrons. The zero-order valence-corrected chi connectivity index (χ0v) is 17.7. The number of hydrogen-bond acceptors (Lipinski definition) is 4. The number of rotatable bonds is 7. The van der Waals surface area contributed by atoms with Gasteiger partial charge in [0.05, 0.1) is 4.90 Å². The van der Waals surface area contributed by atoms with Crippen LogP contribution >= 0.6 is 0 Å². The molecule has 1 aromatic rings. The van der Waals surface area contributed by atoms with Crippen LogP contribution in [0.3, 0.4) is 0 Å². The molecule has 3 rings (SSSR count). The Bertz CT molecular complexity index is 819. The average Bonchev–Trinajstić information content (AvgIpc) is 3.11. The summed E-state index contributed by atoms with van der Waals surface area (Å²) in [6.07, 6.45) is 4.34. The zero-order valence-electron chi connectivity index (χ0n) is 16.9. The highest BCUT2D eigenvalue weighted by atomic mass is 32.2. The van der Waals surface area contributed by atoms with E-state index in [9.17, 15) is 18.0 Å². The lowest BCUT2D eigenvalue weighted by molar-refractivity contribution is -0.127. The SMILES string of the molecule is CC(CN1CCCC1=O)NC(=O)NCc1ccc(S(=O)(=O)N2CCCCC2)cc1. The lowest BCUT2D eigenvalue weighted by atomic mass is 10.2. The minimum absolute atomic E-state index is 0.138. The van der Waals surface area contributed by atoms with Gasteiger partial charge in [0.2, 0.25) is 15.9 Å². The monoisotopic (exact) mass is 422 g/mol. The van der Waals surface area contributed by atoms with Crippen molar-refractivity contribution in [2.45, 2.75) is 56.5 Å². The summed E-state index contributed by atoms with van der Waals surface area (Å²) in [5.74, 6) is 0.138. The molecule has 1 unspecified atom stereocenters. The number of hydrogen-bond donors (Lipinski definition) is 2. The van der Waals surface area contributed by atoms with Crippen molar-refractivity contribution in [1.82, 2.24) is 19.8 Å². The smallest absolute Gasteiger partial charge is 0.315 e. The van der Waals surface area contributed by atoms with Crippen LogP contribution in [0.4, 0.5) is 4.79 Å². The number of urea groups is 1. The fraction of sp³-hybridized carbons (Fsp3) is 0.600. The van der Waals surface area contributed by atoms with Crippen LogP contribution in [0, 0.1) is 0 Å². The van der Waals surface area contributed by atoms with Crippen molar-refractivity contribution in [3.05, 3.63) is 29.8 Å². The third kappa shape index (κ3) is 5.70. The van der Waals surface area contributed by atoms with E-state index in [0.29, 0.717) is 32.6 Å². The van der Waals surface area contributed by atoms with Gasteiger partial charge < -0.3 is 15.5 Å². The molecule has 2 heterocycles. The second kappa shape index (κ2) is 9.58. The lowest BCUT2D eigenvalue weighted by Gasteiger charge is -2.25. The third-order valence-corrected chi connectivity index (χ3v) is 7.29. The lowest BCUT2D eigenvalue weighted by Crippen LogP contribution is -2.46. The summed E-state index contributed by atoms with van der Waals surface area (Å²) >= 11 is 0. The Hall–Kier alpha value is -2.13. The van der Waals surface area contributed by atoms with Gasteiger partial charge in [-0.25, -0.2) is 13.2 Å². The number of likely N-dealkylation sites (tertiary alicyclic amines) is 1. The van der Waals surface area contributed by atoms with Gasteiger partial charge >= 0.3 is 6.03 Å². The molecule has 2 aliphatic heterocycles. The van der Waals surface area contributed by atoms with E-state index in [2.05, 4.69) is 10.6 Å². The first kappa shape index (κ1) is 21.6. The Morgan fingerprint density at radius 2 is 1.76 bits per heavy atom. The molecule has 0 aliphatic carbocycles. The first-order valence-electron chi connectivity index (χ1n) is 10.3. The predicted octanol–water partition coefficient (Wildman–Crippen LogP) is 1.67. The Kier molecular flexibility index (Phi) is 7.13. The van der Waals surface area contributed by atoms with Crippen LogP contribution in [0.5, 0.6) is 0 Å². The van der Waals surface area contributed by atoms with Crippen LogP contribution in [0.15, 0.2) is 29.2 Å². The molecule has 3 amide bonds. The summed E-state index contributed by atoms with van der Waals surface area (Å²) in [5.41, 5.74) is 0.820. The van der Waals surface area contributed by atoms with E-state index < -0.39 is 10.0 Å². The largest absolute Gasteiger partial charge is 0.341 e. The molecule has 2 saturated heterocycles. The van der Waals surface area contributed by atoms with Gasteiger partial charge in [0.25, 0.3) is 0 Å². The van der Waals surface area contributed by atoms with Crippen molar-refractivity contribution < 1.29 is 18.0 Å². The maximum Gasteiger partial charge on any atom is 0.315 e. The van der Waals surface area contributed by atoms with Gasteiger partial charge in [-0.2, -0.15) is 4.31 Å². The van der Waals surface area contributed by atoms with E-state index in [4.69, 9.17) is 0 Å². The molecule has 2 aliphatic rings. The molecule has 0 bridgehead atoms. The van der Waals surface area contributed by atoms with E-state index in [0.717, 1.165) is 37.8 Å². The van der Waals surface area contributed by atoms with Crippen LogP contribution in [-0.4, -0.2) is 61.8 Å². The van der Waals surface area contributed by atoms with Crippen molar-refractivity contribution in [1.29, 1.82) is 0 Å². The molecule has 160 valence electrons. The maximum atomic E-state index is 12.7. The van der Waals surface area contributed by atoms with Crippen molar-refractivity contribution in [3.63, 3.8) is 0 Å². The summed E-state index contributed by atoms with van der Waals surface area (Å²) in [6, 6.07) is 6.19. The van der Waals surface area contributed by atoms with Crippen LogP contribution in [0.1, 0.15) is 44.6 Å². The van der Waals surface area contributed by atoms with Crippen LogP contribution < -0.4 is 10.6 Å². The van der Waals surface area contributed by atoms with Gasteiger partial charge in [-0.3, -0.25) is 4.79 Å². The van der Waals surface area contributed by atoms with Crippen LogP contribution in [-0.2, 0) is 21.4 Å². The molecule has 29 heavy (non-hydrogen) atoms. The molecule has 8 nitrogen and oxygen atoms in total. The molecule has 2 N–H and O–H groups in total. The highest BCUT2D eigenvalue weighted by Gasteiger charge is 2.26. The number of carbonyl (C=O) groups is 2. The summed E-state index contributed by atoms with van der Waals surface area (Å²) < 4.78 is 26.9.